The lowest BCUT2D eigenvalue weighted by molar-refractivity contribution is -0.138. The molecule has 21 heavy (non-hydrogen) atoms. The molecule has 122 valence electrons. The third-order valence-electron chi connectivity index (χ3n) is 4.04. The van der Waals surface area contributed by atoms with Crippen molar-refractivity contribution in [1.82, 2.24) is 4.90 Å². The van der Waals surface area contributed by atoms with E-state index >= 15 is 0 Å². The van der Waals surface area contributed by atoms with Gasteiger partial charge in [-0.05, 0) is 33.6 Å². The summed E-state index contributed by atoms with van der Waals surface area (Å²) in [6.45, 7) is 5.29. The van der Waals surface area contributed by atoms with E-state index in [1.165, 1.54) is 4.90 Å². The molecule has 0 aromatic carbocycles. The Kier molecular flexibility index (Phi) is 3.79. The number of aliphatic hydroxyl groups is 1. The fourth-order valence-corrected chi connectivity index (χ4v) is 4.79. The first-order chi connectivity index (χ1) is 9.36. The highest BCUT2D eigenvalue weighted by atomic mass is 32.2. The largest absolute Gasteiger partial charge is 0.444 e. The molecular formula is C13H24N2O5S. The second-order valence-electron chi connectivity index (χ2n) is 7.22. The Balaban J connectivity index is 2.02. The molecule has 0 saturated carbocycles. The van der Waals surface area contributed by atoms with Crippen LogP contribution in [0.5, 0.6) is 0 Å². The second-order valence-corrected chi connectivity index (χ2v) is 9.40. The molecule has 1 unspecified atom stereocenters. The van der Waals surface area contributed by atoms with Gasteiger partial charge in [-0.25, -0.2) is 13.2 Å². The van der Waals surface area contributed by atoms with Crippen molar-refractivity contribution in [2.75, 3.05) is 24.6 Å². The number of nitrogens with zero attached hydrogens (tertiary/aromatic N) is 1. The van der Waals surface area contributed by atoms with E-state index in [2.05, 4.69) is 0 Å². The lowest BCUT2D eigenvalue weighted by Gasteiger charge is -2.56. The van der Waals surface area contributed by atoms with E-state index in [4.69, 9.17) is 10.5 Å². The van der Waals surface area contributed by atoms with Crippen LogP contribution in [0.3, 0.4) is 0 Å². The average Bonchev–Trinajstić information content (AvgIpc) is 2.19. The Morgan fingerprint density at radius 3 is 2.38 bits per heavy atom. The van der Waals surface area contributed by atoms with Crippen molar-refractivity contribution in [3.05, 3.63) is 0 Å². The zero-order valence-electron chi connectivity index (χ0n) is 12.8. The first-order valence-corrected chi connectivity index (χ1v) is 8.88. The van der Waals surface area contributed by atoms with E-state index in [-0.39, 0.29) is 24.6 Å². The van der Waals surface area contributed by atoms with Gasteiger partial charge in [0.1, 0.15) is 11.2 Å². The van der Waals surface area contributed by atoms with Crippen molar-refractivity contribution < 1.29 is 23.1 Å². The quantitative estimate of drug-likeness (QED) is 0.697. The molecule has 1 atom stereocenters. The highest BCUT2D eigenvalue weighted by Crippen LogP contribution is 2.37. The molecule has 3 N–H and O–H groups in total. The number of hydrogen-bond donors (Lipinski definition) is 2. The third-order valence-corrected chi connectivity index (χ3v) is 5.90. The molecule has 2 fully saturated rings. The van der Waals surface area contributed by atoms with Crippen molar-refractivity contribution in [1.29, 1.82) is 0 Å². The monoisotopic (exact) mass is 320 g/mol. The van der Waals surface area contributed by atoms with Gasteiger partial charge in [-0.15, -0.1) is 0 Å². The number of hydrogen-bond acceptors (Lipinski definition) is 6. The summed E-state index contributed by atoms with van der Waals surface area (Å²) in [5.41, 5.74) is 2.99. The minimum Gasteiger partial charge on any atom is -0.444 e. The molecule has 2 aliphatic rings. The van der Waals surface area contributed by atoms with Gasteiger partial charge in [-0.1, -0.05) is 0 Å². The van der Waals surface area contributed by atoms with Crippen LogP contribution in [-0.4, -0.2) is 65.9 Å². The number of carbonyl (C=O) groups is 1. The lowest BCUT2D eigenvalue weighted by Crippen LogP contribution is -2.79. The summed E-state index contributed by atoms with van der Waals surface area (Å²) in [4.78, 5) is 13.2. The minimum atomic E-state index is -3.24. The van der Waals surface area contributed by atoms with Crippen LogP contribution in [0.2, 0.25) is 0 Å². The number of carbonyl (C=O) groups excluding carboxylic acids is 1. The summed E-state index contributed by atoms with van der Waals surface area (Å²) in [5.74, 6) is -0.129. The van der Waals surface area contributed by atoms with Crippen LogP contribution < -0.4 is 5.73 Å². The van der Waals surface area contributed by atoms with Crippen molar-refractivity contribution in [2.45, 2.75) is 50.4 Å². The highest BCUT2D eigenvalue weighted by molar-refractivity contribution is 7.91. The third kappa shape index (κ3) is 3.32. The van der Waals surface area contributed by atoms with Crippen LogP contribution in [-0.2, 0) is 14.6 Å². The zero-order valence-corrected chi connectivity index (χ0v) is 13.6. The SMILES string of the molecule is CC(C)(C)OC(=O)N1CC(O)(C2(N)CCCS(=O)(=O)C2)C1. The molecule has 7 nitrogen and oxygen atoms in total. The maximum absolute atomic E-state index is 11.9. The van der Waals surface area contributed by atoms with Crippen LogP contribution in [0.15, 0.2) is 0 Å². The van der Waals surface area contributed by atoms with E-state index in [1.54, 1.807) is 20.8 Å². The Hall–Kier alpha value is -0.860. The summed E-state index contributed by atoms with van der Waals surface area (Å²) in [7, 11) is -3.24. The molecule has 0 aliphatic carbocycles. The first-order valence-electron chi connectivity index (χ1n) is 7.06. The van der Waals surface area contributed by atoms with E-state index in [9.17, 15) is 18.3 Å². The molecule has 0 bridgehead atoms. The summed E-state index contributed by atoms with van der Waals surface area (Å²) in [6.07, 6.45) is 0.354. The predicted octanol–water partition coefficient (Wildman–Crippen LogP) is -0.126. The molecule has 2 heterocycles. The van der Waals surface area contributed by atoms with Gasteiger partial charge in [-0.3, -0.25) is 0 Å². The fraction of sp³-hybridized carbons (Fsp3) is 0.923. The van der Waals surface area contributed by atoms with Gasteiger partial charge < -0.3 is 20.5 Å². The molecule has 0 spiro atoms. The molecule has 1 amide bonds. The number of ether oxygens (including phenoxy) is 1. The van der Waals surface area contributed by atoms with Crippen molar-refractivity contribution in [3.63, 3.8) is 0 Å². The number of rotatable bonds is 1. The van der Waals surface area contributed by atoms with E-state index < -0.39 is 32.7 Å². The Morgan fingerprint density at radius 1 is 1.33 bits per heavy atom. The zero-order chi connectivity index (χ0) is 16.1. The maximum Gasteiger partial charge on any atom is 0.410 e. The highest BCUT2D eigenvalue weighted by Gasteiger charge is 2.59. The molecule has 8 heteroatoms. The number of β-amino-alcohol motifs (C(OH)–C–C–N with tert-alkyl or cyclic N) is 1. The smallest absolute Gasteiger partial charge is 0.410 e. The first kappa shape index (κ1) is 16.5. The van der Waals surface area contributed by atoms with Gasteiger partial charge in [0.2, 0.25) is 0 Å². The van der Waals surface area contributed by atoms with Gasteiger partial charge in [0.25, 0.3) is 0 Å². The summed E-state index contributed by atoms with van der Waals surface area (Å²) in [5, 5.41) is 10.6. The maximum atomic E-state index is 11.9. The van der Waals surface area contributed by atoms with Crippen molar-refractivity contribution >= 4 is 15.9 Å². The molecule has 2 saturated heterocycles. The molecule has 2 rings (SSSR count). The number of amides is 1. The Morgan fingerprint density at radius 2 is 1.90 bits per heavy atom. The van der Waals surface area contributed by atoms with E-state index in [0.29, 0.717) is 12.8 Å². The standard InChI is InChI=1S/C13H24N2O5S/c1-11(2,3)20-10(16)15-7-13(17,8-15)12(14)5-4-6-21(18,19)9-12/h17H,4-9,14H2,1-3H3. The predicted molar refractivity (Wildman–Crippen MR) is 77.6 cm³/mol. The Bertz CT molecular complexity index is 533. The van der Waals surface area contributed by atoms with Crippen LogP contribution in [0.1, 0.15) is 33.6 Å². The fourth-order valence-electron chi connectivity index (χ4n) is 2.87. The topological polar surface area (TPSA) is 110 Å². The minimum absolute atomic E-state index is 0.00787. The van der Waals surface area contributed by atoms with Crippen LogP contribution in [0.25, 0.3) is 0 Å². The number of sulfone groups is 1. The number of likely N-dealkylation sites (tertiary alicyclic amines) is 1. The Labute approximate surface area is 125 Å². The average molecular weight is 320 g/mol. The van der Waals surface area contributed by atoms with Gasteiger partial charge in [-0.2, -0.15) is 0 Å². The van der Waals surface area contributed by atoms with Gasteiger partial charge in [0.15, 0.2) is 9.84 Å². The van der Waals surface area contributed by atoms with E-state index in [1.807, 2.05) is 0 Å². The summed E-state index contributed by atoms with van der Waals surface area (Å²) >= 11 is 0. The normalized spacial score (nSPS) is 31.4. The molecule has 2 aliphatic heterocycles. The van der Waals surface area contributed by atoms with Gasteiger partial charge in [0.05, 0.1) is 30.1 Å². The van der Waals surface area contributed by atoms with Crippen molar-refractivity contribution in [2.24, 2.45) is 5.73 Å². The van der Waals surface area contributed by atoms with Crippen LogP contribution in [0, 0.1) is 0 Å². The summed E-state index contributed by atoms with van der Waals surface area (Å²) < 4.78 is 28.7. The molecule has 0 aromatic rings. The van der Waals surface area contributed by atoms with Crippen LogP contribution in [0.4, 0.5) is 4.79 Å². The lowest BCUT2D eigenvalue weighted by atomic mass is 9.73. The van der Waals surface area contributed by atoms with Crippen LogP contribution >= 0.6 is 0 Å². The van der Waals surface area contributed by atoms with E-state index in [0.717, 1.165) is 0 Å². The molecular weight excluding hydrogens is 296 g/mol. The van der Waals surface area contributed by atoms with Gasteiger partial charge in [0, 0.05) is 0 Å². The summed E-state index contributed by atoms with van der Waals surface area (Å²) in [6, 6.07) is 0. The molecule has 0 aromatic heterocycles. The second kappa shape index (κ2) is 4.82. The van der Waals surface area contributed by atoms with Crippen molar-refractivity contribution in [3.8, 4) is 0 Å². The number of nitrogens with two attached hydrogens (primary N) is 1. The van der Waals surface area contributed by atoms with Gasteiger partial charge >= 0.3 is 6.09 Å². The molecule has 0 radical (unpaired) electrons.